The van der Waals surface area contributed by atoms with Crippen LogP contribution in [-0.4, -0.2) is 16.1 Å². The SMILES string of the molecule is Cc1ccc2c(c1)S[C@@H](C(=O)Nc1ncccc1C)C2. The van der Waals surface area contributed by atoms with Crippen molar-refractivity contribution in [3.05, 3.63) is 53.2 Å². The van der Waals surface area contributed by atoms with Gasteiger partial charge >= 0.3 is 0 Å². The first-order valence-electron chi connectivity index (χ1n) is 6.62. The zero-order chi connectivity index (χ0) is 14.1. The Morgan fingerprint density at radius 2 is 2.20 bits per heavy atom. The van der Waals surface area contributed by atoms with Crippen LogP contribution in [0, 0.1) is 13.8 Å². The first-order chi connectivity index (χ1) is 9.63. The maximum Gasteiger partial charge on any atom is 0.239 e. The summed E-state index contributed by atoms with van der Waals surface area (Å²) in [5, 5.41) is 2.87. The summed E-state index contributed by atoms with van der Waals surface area (Å²) in [5.74, 6) is 0.691. The molecule has 0 bridgehead atoms. The molecule has 102 valence electrons. The molecule has 0 fully saturated rings. The summed E-state index contributed by atoms with van der Waals surface area (Å²) in [6.07, 6.45) is 2.49. The Hall–Kier alpha value is -1.81. The summed E-state index contributed by atoms with van der Waals surface area (Å²) in [6, 6.07) is 10.2. The first kappa shape index (κ1) is 13.2. The number of carbonyl (C=O) groups is 1. The summed E-state index contributed by atoms with van der Waals surface area (Å²) >= 11 is 1.64. The molecule has 0 saturated heterocycles. The second-order valence-electron chi connectivity index (χ2n) is 5.08. The van der Waals surface area contributed by atoms with Gasteiger partial charge in [-0.05, 0) is 43.5 Å². The lowest BCUT2D eigenvalue weighted by molar-refractivity contribution is -0.115. The van der Waals surface area contributed by atoms with Crippen molar-refractivity contribution in [3.63, 3.8) is 0 Å². The van der Waals surface area contributed by atoms with Crippen molar-refractivity contribution in [1.29, 1.82) is 0 Å². The largest absolute Gasteiger partial charge is 0.309 e. The van der Waals surface area contributed by atoms with Crippen LogP contribution in [0.15, 0.2) is 41.4 Å². The fourth-order valence-corrected chi connectivity index (χ4v) is 3.59. The Morgan fingerprint density at radius 1 is 1.35 bits per heavy atom. The minimum Gasteiger partial charge on any atom is -0.309 e. The number of aryl methyl sites for hydroxylation is 2. The Kier molecular flexibility index (Phi) is 3.49. The molecule has 1 N–H and O–H groups in total. The number of aromatic nitrogens is 1. The lowest BCUT2D eigenvalue weighted by atomic mass is 10.1. The van der Waals surface area contributed by atoms with Gasteiger partial charge in [0.15, 0.2) is 0 Å². The van der Waals surface area contributed by atoms with Crippen LogP contribution in [0.5, 0.6) is 0 Å². The molecule has 1 amide bonds. The Morgan fingerprint density at radius 3 is 3.00 bits per heavy atom. The highest BCUT2D eigenvalue weighted by molar-refractivity contribution is 8.01. The number of hydrogen-bond acceptors (Lipinski definition) is 3. The number of carbonyl (C=O) groups excluding carboxylic acids is 1. The molecular weight excluding hydrogens is 268 g/mol. The van der Waals surface area contributed by atoms with Gasteiger partial charge in [0.2, 0.25) is 5.91 Å². The Bertz CT molecular complexity index is 669. The molecule has 2 heterocycles. The highest BCUT2D eigenvalue weighted by atomic mass is 32.2. The number of nitrogens with one attached hydrogen (secondary N) is 1. The maximum absolute atomic E-state index is 12.3. The number of nitrogens with zero attached hydrogens (tertiary/aromatic N) is 1. The molecule has 0 unspecified atom stereocenters. The van der Waals surface area contributed by atoms with E-state index in [0.717, 1.165) is 12.0 Å². The number of fused-ring (bicyclic) bond motifs is 1. The molecule has 0 spiro atoms. The van der Waals surface area contributed by atoms with Crippen LogP contribution in [0.4, 0.5) is 5.82 Å². The van der Waals surface area contributed by atoms with E-state index in [1.54, 1.807) is 18.0 Å². The second kappa shape index (κ2) is 5.29. The third-order valence-electron chi connectivity index (χ3n) is 3.44. The van der Waals surface area contributed by atoms with Gasteiger partial charge in [-0.25, -0.2) is 4.98 Å². The van der Waals surface area contributed by atoms with Crippen molar-refractivity contribution < 1.29 is 4.79 Å². The number of benzene rings is 1. The van der Waals surface area contributed by atoms with Gasteiger partial charge < -0.3 is 5.32 Å². The molecule has 3 nitrogen and oxygen atoms in total. The van der Waals surface area contributed by atoms with Crippen LogP contribution >= 0.6 is 11.8 Å². The van der Waals surface area contributed by atoms with Crippen molar-refractivity contribution in [2.24, 2.45) is 0 Å². The minimum absolute atomic E-state index is 0.0330. The molecule has 3 rings (SSSR count). The van der Waals surface area contributed by atoms with Crippen LogP contribution in [0.25, 0.3) is 0 Å². The van der Waals surface area contributed by atoms with Gasteiger partial charge in [0, 0.05) is 11.1 Å². The highest BCUT2D eigenvalue weighted by Gasteiger charge is 2.28. The molecule has 1 aromatic carbocycles. The van der Waals surface area contributed by atoms with E-state index in [0.29, 0.717) is 5.82 Å². The average molecular weight is 284 g/mol. The zero-order valence-electron chi connectivity index (χ0n) is 11.5. The quantitative estimate of drug-likeness (QED) is 0.919. The normalized spacial score (nSPS) is 16.8. The van der Waals surface area contributed by atoms with E-state index >= 15 is 0 Å². The third kappa shape index (κ3) is 2.56. The number of amides is 1. The Labute approximate surface area is 122 Å². The fraction of sp³-hybridized carbons (Fsp3) is 0.250. The Balaban J connectivity index is 1.73. The van der Waals surface area contributed by atoms with Gasteiger partial charge in [0.05, 0.1) is 5.25 Å². The zero-order valence-corrected chi connectivity index (χ0v) is 12.3. The molecule has 1 aromatic heterocycles. The maximum atomic E-state index is 12.3. The second-order valence-corrected chi connectivity index (χ2v) is 6.32. The number of pyridine rings is 1. The van der Waals surface area contributed by atoms with Crippen molar-refractivity contribution >= 4 is 23.5 Å². The molecule has 0 aliphatic carbocycles. The molecular formula is C16H16N2OS. The van der Waals surface area contributed by atoms with Crippen molar-refractivity contribution in [3.8, 4) is 0 Å². The van der Waals surface area contributed by atoms with Crippen molar-refractivity contribution in [2.75, 3.05) is 5.32 Å². The van der Waals surface area contributed by atoms with E-state index in [-0.39, 0.29) is 11.2 Å². The predicted molar refractivity (Wildman–Crippen MR) is 82.1 cm³/mol. The lowest BCUT2D eigenvalue weighted by Crippen LogP contribution is -2.25. The van der Waals surface area contributed by atoms with E-state index in [4.69, 9.17) is 0 Å². The van der Waals surface area contributed by atoms with Crippen LogP contribution in [0.2, 0.25) is 0 Å². The van der Waals surface area contributed by atoms with Gasteiger partial charge in [0.25, 0.3) is 0 Å². The van der Waals surface area contributed by atoms with Crippen LogP contribution in [0.3, 0.4) is 0 Å². The number of hydrogen-bond donors (Lipinski definition) is 1. The molecule has 1 aliphatic heterocycles. The van der Waals surface area contributed by atoms with Gasteiger partial charge in [0.1, 0.15) is 5.82 Å². The van der Waals surface area contributed by atoms with Crippen molar-refractivity contribution in [1.82, 2.24) is 4.98 Å². The molecule has 2 aromatic rings. The van der Waals surface area contributed by atoms with Crippen LogP contribution in [-0.2, 0) is 11.2 Å². The summed E-state index contributed by atoms with van der Waals surface area (Å²) < 4.78 is 0. The molecule has 20 heavy (non-hydrogen) atoms. The minimum atomic E-state index is -0.0618. The number of rotatable bonds is 2. The third-order valence-corrected chi connectivity index (χ3v) is 4.74. The monoisotopic (exact) mass is 284 g/mol. The fourth-order valence-electron chi connectivity index (χ4n) is 2.29. The van der Waals surface area contributed by atoms with E-state index in [1.165, 1.54) is 16.0 Å². The first-order valence-corrected chi connectivity index (χ1v) is 7.50. The van der Waals surface area contributed by atoms with E-state index in [2.05, 4.69) is 35.4 Å². The summed E-state index contributed by atoms with van der Waals surface area (Å²) in [5.41, 5.74) is 3.48. The van der Waals surface area contributed by atoms with Crippen LogP contribution < -0.4 is 5.32 Å². The summed E-state index contributed by atoms with van der Waals surface area (Å²) in [6.45, 7) is 4.02. The average Bonchev–Trinajstić information content (AvgIpc) is 2.84. The lowest BCUT2D eigenvalue weighted by Gasteiger charge is -2.10. The summed E-state index contributed by atoms with van der Waals surface area (Å²) in [4.78, 5) is 17.8. The van der Waals surface area contributed by atoms with Gasteiger partial charge in [-0.15, -0.1) is 11.8 Å². The number of thioether (sulfide) groups is 1. The standard InChI is InChI=1S/C16H16N2OS/c1-10-5-6-12-9-14(20-13(12)8-10)16(19)18-15-11(2)4-3-7-17-15/h3-8,14H,9H2,1-2H3,(H,17,18,19)/t14-/m1/s1. The molecule has 0 saturated carbocycles. The van der Waals surface area contributed by atoms with E-state index < -0.39 is 0 Å². The molecule has 1 aliphatic rings. The molecule has 4 heteroatoms. The predicted octanol–water partition coefficient (Wildman–Crippen LogP) is 3.35. The molecule has 1 atom stereocenters. The topological polar surface area (TPSA) is 42.0 Å². The van der Waals surface area contributed by atoms with Gasteiger partial charge in [-0.1, -0.05) is 23.8 Å². The van der Waals surface area contributed by atoms with Gasteiger partial charge in [-0.2, -0.15) is 0 Å². The van der Waals surface area contributed by atoms with Crippen molar-refractivity contribution in [2.45, 2.75) is 30.4 Å². The van der Waals surface area contributed by atoms with E-state index in [1.807, 2.05) is 19.1 Å². The smallest absolute Gasteiger partial charge is 0.239 e. The van der Waals surface area contributed by atoms with E-state index in [9.17, 15) is 4.79 Å². The highest BCUT2D eigenvalue weighted by Crippen LogP contribution is 2.38. The van der Waals surface area contributed by atoms with Crippen LogP contribution in [0.1, 0.15) is 16.7 Å². The molecule has 0 radical (unpaired) electrons. The summed E-state index contributed by atoms with van der Waals surface area (Å²) in [7, 11) is 0. The van der Waals surface area contributed by atoms with Gasteiger partial charge in [-0.3, -0.25) is 4.79 Å². The number of anilines is 1.